The minimum Gasteiger partial charge on any atom is -0.344 e. The predicted molar refractivity (Wildman–Crippen MR) is 90.7 cm³/mol. The molecule has 2 saturated carbocycles. The Bertz CT molecular complexity index is 808. The number of hydrogen-bond acceptors (Lipinski definition) is 4. The average molecular weight is 325 g/mol. The lowest BCUT2D eigenvalue weighted by Crippen LogP contribution is -2.27. The van der Waals surface area contributed by atoms with E-state index in [-0.39, 0.29) is 18.2 Å². The Balaban J connectivity index is 1.57. The van der Waals surface area contributed by atoms with Crippen molar-refractivity contribution in [2.24, 2.45) is 5.92 Å². The molecule has 1 saturated heterocycles. The molecule has 4 atom stereocenters. The zero-order chi connectivity index (χ0) is 16.5. The lowest BCUT2D eigenvalue weighted by molar-refractivity contribution is -0.158. The Hall–Kier alpha value is -1.72. The fraction of sp³-hybridized carbons (Fsp3) is 0.579. The van der Waals surface area contributed by atoms with Gasteiger partial charge in [-0.15, -0.1) is 6.58 Å². The van der Waals surface area contributed by atoms with E-state index in [9.17, 15) is 0 Å². The van der Waals surface area contributed by atoms with Crippen molar-refractivity contribution >= 4 is 11.0 Å². The van der Waals surface area contributed by atoms with Crippen LogP contribution in [-0.2, 0) is 9.47 Å². The third-order valence-corrected chi connectivity index (χ3v) is 5.64. The van der Waals surface area contributed by atoms with Crippen LogP contribution in [0.5, 0.6) is 0 Å². The SMILES string of the molecule is C=CC1C[C@@H](n2ccc3c(C4CC4)ncnc32)[C@@H]2OC(C)(C)O[C@H]12. The molecule has 126 valence electrons. The van der Waals surface area contributed by atoms with E-state index in [1.165, 1.54) is 23.9 Å². The molecule has 3 fully saturated rings. The molecule has 5 nitrogen and oxygen atoms in total. The highest BCUT2D eigenvalue weighted by Crippen LogP contribution is 2.48. The number of nitrogens with zero attached hydrogens (tertiary/aromatic N) is 3. The molecule has 0 aromatic carbocycles. The maximum Gasteiger partial charge on any atom is 0.163 e. The summed E-state index contributed by atoms with van der Waals surface area (Å²) >= 11 is 0. The van der Waals surface area contributed by atoms with Crippen LogP contribution in [0.15, 0.2) is 31.2 Å². The largest absolute Gasteiger partial charge is 0.344 e. The average Bonchev–Trinajstić information content (AvgIpc) is 3.12. The van der Waals surface area contributed by atoms with Crippen LogP contribution >= 0.6 is 0 Å². The molecule has 5 rings (SSSR count). The third kappa shape index (κ3) is 2.07. The molecule has 3 aliphatic rings. The van der Waals surface area contributed by atoms with E-state index in [1.54, 1.807) is 6.33 Å². The molecule has 0 bridgehead atoms. The van der Waals surface area contributed by atoms with Gasteiger partial charge in [0, 0.05) is 23.4 Å². The maximum atomic E-state index is 6.25. The molecule has 2 aromatic heterocycles. The van der Waals surface area contributed by atoms with Crippen molar-refractivity contribution in [3.05, 3.63) is 36.9 Å². The topological polar surface area (TPSA) is 49.2 Å². The normalized spacial score (nSPS) is 34.6. The first kappa shape index (κ1) is 14.6. The van der Waals surface area contributed by atoms with Gasteiger partial charge < -0.3 is 14.0 Å². The van der Waals surface area contributed by atoms with Crippen LogP contribution in [0.4, 0.5) is 0 Å². The van der Waals surface area contributed by atoms with E-state index in [0.29, 0.717) is 11.8 Å². The Morgan fingerprint density at radius 1 is 1.25 bits per heavy atom. The van der Waals surface area contributed by atoms with Gasteiger partial charge in [0.1, 0.15) is 18.1 Å². The van der Waals surface area contributed by atoms with Crippen molar-refractivity contribution in [1.29, 1.82) is 0 Å². The van der Waals surface area contributed by atoms with Crippen molar-refractivity contribution in [3.8, 4) is 0 Å². The van der Waals surface area contributed by atoms with Gasteiger partial charge in [-0.25, -0.2) is 9.97 Å². The van der Waals surface area contributed by atoms with Gasteiger partial charge in [0.15, 0.2) is 5.79 Å². The molecule has 2 aliphatic carbocycles. The van der Waals surface area contributed by atoms with Crippen LogP contribution in [0.3, 0.4) is 0 Å². The minimum absolute atomic E-state index is 0.0398. The summed E-state index contributed by atoms with van der Waals surface area (Å²) in [5.41, 5.74) is 2.23. The molecule has 1 unspecified atom stereocenters. The van der Waals surface area contributed by atoms with E-state index >= 15 is 0 Å². The second-order valence-corrected chi connectivity index (χ2v) is 7.76. The van der Waals surface area contributed by atoms with Gasteiger partial charge in [-0.1, -0.05) is 6.08 Å². The summed E-state index contributed by atoms with van der Waals surface area (Å²) in [6.07, 6.45) is 9.44. The lowest BCUT2D eigenvalue weighted by Gasteiger charge is -2.24. The second-order valence-electron chi connectivity index (χ2n) is 7.76. The van der Waals surface area contributed by atoms with Gasteiger partial charge in [-0.3, -0.25) is 0 Å². The Morgan fingerprint density at radius 3 is 2.79 bits per heavy atom. The van der Waals surface area contributed by atoms with E-state index in [1.807, 2.05) is 19.9 Å². The molecule has 0 radical (unpaired) electrons. The van der Waals surface area contributed by atoms with Crippen LogP contribution in [-0.4, -0.2) is 32.5 Å². The van der Waals surface area contributed by atoms with E-state index in [2.05, 4.69) is 33.4 Å². The second kappa shape index (κ2) is 4.90. The Kier molecular flexibility index (Phi) is 2.98. The number of ether oxygens (including phenoxy) is 2. The molecule has 3 heterocycles. The van der Waals surface area contributed by atoms with Crippen LogP contribution in [0.2, 0.25) is 0 Å². The molecule has 2 aromatic rings. The van der Waals surface area contributed by atoms with Crippen molar-refractivity contribution in [3.63, 3.8) is 0 Å². The summed E-state index contributed by atoms with van der Waals surface area (Å²) in [5, 5.41) is 1.19. The summed E-state index contributed by atoms with van der Waals surface area (Å²) in [5.74, 6) is 0.393. The Labute approximate surface area is 141 Å². The lowest BCUT2D eigenvalue weighted by atomic mass is 10.1. The van der Waals surface area contributed by atoms with Gasteiger partial charge in [0.25, 0.3) is 0 Å². The van der Waals surface area contributed by atoms with Gasteiger partial charge in [0.2, 0.25) is 0 Å². The molecule has 1 aliphatic heterocycles. The van der Waals surface area contributed by atoms with Gasteiger partial charge in [-0.2, -0.15) is 0 Å². The van der Waals surface area contributed by atoms with Crippen molar-refractivity contribution in [2.75, 3.05) is 0 Å². The quantitative estimate of drug-likeness (QED) is 0.810. The van der Waals surface area contributed by atoms with Crippen LogP contribution in [0.1, 0.15) is 50.8 Å². The number of aromatic nitrogens is 3. The molecule has 0 amide bonds. The third-order valence-electron chi connectivity index (χ3n) is 5.64. The van der Waals surface area contributed by atoms with Crippen molar-refractivity contribution in [2.45, 2.75) is 63.1 Å². The standard InChI is InChI=1S/C19H23N3O2/c1-4-11-9-14(17-16(11)23-19(2,3)24-17)22-8-7-13-15(12-5-6-12)20-10-21-18(13)22/h4,7-8,10-12,14,16-17H,1,5-6,9H2,2-3H3/t11?,14-,16-,17+/m1/s1. The molecule has 0 N–H and O–H groups in total. The molecule has 5 heteroatoms. The number of hydrogen-bond donors (Lipinski definition) is 0. The maximum absolute atomic E-state index is 6.25. The molecule has 0 spiro atoms. The van der Waals surface area contributed by atoms with E-state index in [0.717, 1.165) is 12.1 Å². The van der Waals surface area contributed by atoms with Crippen LogP contribution in [0.25, 0.3) is 11.0 Å². The fourth-order valence-electron chi connectivity index (χ4n) is 4.44. The highest BCUT2D eigenvalue weighted by atomic mass is 16.8. The monoisotopic (exact) mass is 325 g/mol. The summed E-state index contributed by atoms with van der Waals surface area (Å²) in [6, 6.07) is 2.39. The van der Waals surface area contributed by atoms with E-state index < -0.39 is 5.79 Å². The highest BCUT2D eigenvalue weighted by molar-refractivity contribution is 5.79. The predicted octanol–water partition coefficient (Wildman–Crippen LogP) is 3.58. The van der Waals surface area contributed by atoms with Gasteiger partial charge in [0.05, 0.1) is 17.8 Å². The summed E-state index contributed by atoms with van der Waals surface area (Å²) in [7, 11) is 0. The molecular formula is C19H23N3O2. The van der Waals surface area contributed by atoms with Crippen molar-refractivity contribution < 1.29 is 9.47 Å². The van der Waals surface area contributed by atoms with Crippen LogP contribution < -0.4 is 0 Å². The zero-order valence-electron chi connectivity index (χ0n) is 14.2. The minimum atomic E-state index is -0.535. The van der Waals surface area contributed by atoms with Crippen molar-refractivity contribution in [1.82, 2.24) is 14.5 Å². The smallest absolute Gasteiger partial charge is 0.163 e. The summed E-state index contributed by atoms with van der Waals surface area (Å²) in [4.78, 5) is 9.12. The number of rotatable bonds is 3. The first-order chi connectivity index (χ1) is 11.6. The molecule has 24 heavy (non-hydrogen) atoms. The van der Waals surface area contributed by atoms with E-state index in [4.69, 9.17) is 9.47 Å². The summed E-state index contributed by atoms with van der Waals surface area (Å²) < 4.78 is 14.7. The Morgan fingerprint density at radius 2 is 2.04 bits per heavy atom. The van der Waals surface area contributed by atoms with Gasteiger partial charge in [-0.05, 0) is 39.2 Å². The first-order valence-corrected chi connectivity index (χ1v) is 8.87. The molecular weight excluding hydrogens is 302 g/mol. The highest BCUT2D eigenvalue weighted by Gasteiger charge is 2.53. The van der Waals surface area contributed by atoms with Gasteiger partial charge >= 0.3 is 0 Å². The zero-order valence-corrected chi connectivity index (χ0v) is 14.2. The fourth-order valence-corrected chi connectivity index (χ4v) is 4.44. The first-order valence-electron chi connectivity index (χ1n) is 8.87. The number of fused-ring (bicyclic) bond motifs is 2. The van der Waals surface area contributed by atoms with Crippen LogP contribution in [0, 0.1) is 5.92 Å². The summed E-state index contributed by atoms with van der Waals surface area (Å²) in [6.45, 7) is 7.98.